The van der Waals surface area contributed by atoms with Crippen molar-refractivity contribution in [3.05, 3.63) is 35.9 Å². The zero-order valence-corrected chi connectivity index (χ0v) is 24.2. The van der Waals surface area contributed by atoms with E-state index in [1.807, 2.05) is 0 Å². The molecule has 0 spiro atoms. The van der Waals surface area contributed by atoms with Gasteiger partial charge in [0.1, 0.15) is 0 Å². The Morgan fingerprint density at radius 2 is 1.35 bits per heavy atom. The lowest BCUT2D eigenvalue weighted by Crippen LogP contribution is -2.44. The van der Waals surface area contributed by atoms with E-state index in [9.17, 15) is 0 Å². The summed E-state index contributed by atoms with van der Waals surface area (Å²) in [6.07, 6.45) is 10.4. The maximum absolute atomic E-state index is 15.7. The Hall–Kier alpha value is 0.0300. The normalized spacial score (nSPS) is 27.4. The summed E-state index contributed by atoms with van der Waals surface area (Å²) in [5, 5.41) is 4.00. The highest BCUT2D eigenvalue weighted by molar-refractivity contribution is 8.17. The molecule has 34 heavy (non-hydrogen) atoms. The molecule has 3 atom stereocenters. The fourth-order valence-electron chi connectivity index (χ4n) is 6.51. The molecule has 1 aliphatic carbocycles. The Kier molecular flexibility index (Phi) is 9.97. The molecule has 1 saturated carbocycles. The SMILES string of the molecule is CCC(CC)N1[C@@H]2CCCC[C@H]2N(C(CC)CC)P1(=O)N[C@H](c1ccccc1)C1SCCCS1. The van der Waals surface area contributed by atoms with Crippen molar-refractivity contribution in [1.29, 1.82) is 0 Å². The van der Waals surface area contributed by atoms with Gasteiger partial charge in [0.2, 0.25) is 0 Å². The summed E-state index contributed by atoms with van der Waals surface area (Å²) in [6.45, 7) is 9.16. The van der Waals surface area contributed by atoms with Gasteiger partial charge >= 0.3 is 0 Å². The summed E-state index contributed by atoms with van der Waals surface area (Å²) < 4.78 is 21.2. The molecule has 4 rings (SSSR count). The van der Waals surface area contributed by atoms with Crippen LogP contribution in [0.1, 0.15) is 97.1 Å². The third kappa shape index (κ3) is 5.34. The van der Waals surface area contributed by atoms with Gasteiger partial charge in [0.25, 0.3) is 7.59 Å². The van der Waals surface area contributed by atoms with Crippen LogP contribution < -0.4 is 5.09 Å². The van der Waals surface area contributed by atoms with Crippen molar-refractivity contribution in [2.24, 2.45) is 0 Å². The Labute approximate surface area is 217 Å². The van der Waals surface area contributed by atoms with Crippen molar-refractivity contribution < 1.29 is 4.57 Å². The highest BCUT2D eigenvalue weighted by Gasteiger charge is 2.59. The first-order valence-electron chi connectivity index (χ1n) is 13.8. The molecule has 0 amide bonds. The van der Waals surface area contributed by atoms with Gasteiger partial charge in [-0.1, -0.05) is 70.9 Å². The lowest BCUT2D eigenvalue weighted by atomic mass is 9.88. The van der Waals surface area contributed by atoms with Crippen LogP contribution >= 0.6 is 31.1 Å². The molecule has 0 bridgehead atoms. The van der Waals surface area contributed by atoms with E-state index < -0.39 is 7.59 Å². The predicted octanol–water partition coefficient (Wildman–Crippen LogP) is 7.93. The number of nitrogens with zero attached hydrogens (tertiary/aromatic N) is 2. The third-order valence-corrected chi connectivity index (χ3v) is 14.4. The van der Waals surface area contributed by atoms with Gasteiger partial charge in [-0.2, -0.15) is 0 Å². The molecule has 2 heterocycles. The van der Waals surface area contributed by atoms with Gasteiger partial charge < -0.3 is 0 Å². The van der Waals surface area contributed by atoms with Crippen molar-refractivity contribution in [3.8, 4) is 0 Å². The molecule has 2 aliphatic heterocycles. The number of benzene rings is 1. The summed E-state index contributed by atoms with van der Waals surface area (Å²) >= 11 is 4.12. The van der Waals surface area contributed by atoms with E-state index in [0.29, 0.717) is 28.7 Å². The summed E-state index contributed by atoms with van der Waals surface area (Å²) in [4.78, 5) is 0. The fourth-order valence-corrected chi connectivity index (χ4v) is 13.8. The molecule has 1 aromatic rings. The molecule has 7 heteroatoms. The minimum atomic E-state index is -2.97. The minimum Gasteiger partial charge on any atom is -0.270 e. The first-order valence-corrected chi connectivity index (χ1v) is 17.5. The van der Waals surface area contributed by atoms with Gasteiger partial charge in [-0.05, 0) is 62.0 Å². The second kappa shape index (κ2) is 12.5. The Morgan fingerprint density at radius 3 is 1.82 bits per heavy atom. The maximum atomic E-state index is 15.7. The topological polar surface area (TPSA) is 35.6 Å². The van der Waals surface area contributed by atoms with E-state index in [2.05, 4.69) is 96.0 Å². The maximum Gasteiger partial charge on any atom is 0.285 e. The minimum absolute atomic E-state index is 0.0937. The molecule has 192 valence electrons. The molecule has 3 fully saturated rings. The summed E-state index contributed by atoms with van der Waals surface area (Å²) in [5.41, 5.74) is 1.29. The second-order valence-electron chi connectivity index (χ2n) is 10.1. The van der Waals surface area contributed by atoms with Crippen molar-refractivity contribution >= 4 is 31.1 Å². The van der Waals surface area contributed by atoms with Crippen LogP contribution in [0.5, 0.6) is 0 Å². The first kappa shape index (κ1) is 27.1. The molecule has 1 aromatic carbocycles. The molecular formula is C27H46N3OPS2. The summed E-state index contributed by atoms with van der Waals surface area (Å²) in [5.74, 6) is 2.40. The summed E-state index contributed by atoms with van der Waals surface area (Å²) in [6, 6.07) is 12.5. The van der Waals surface area contributed by atoms with Gasteiger partial charge in [0.05, 0.1) is 10.6 Å². The zero-order chi connectivity index (χ0) is 24.1. The van der Waals surface area contributed by atoms with Crippen LogP contribution in [0.4, 0.5) is 0 Å². The van der Waals surface area contributed by atoms with Crippen molar-refractivity contribution in [2.75, 3.05) is 11.5 Å². The van der Waals surface area contributed by atoms with E-state index in [-0.39, 0.29) is 6.04 Å². The van der Waals surface area contributed by atoms with Gasteiger partial charge in [0.15, 0.2) is 0 Å². The largest absolute Gasteiger partial charge is 0.285 e. The zero-order valence-electron chi connectivity index (χ0n) is 21.7. The van der Waals surface area contributed by atoms with Crippen LogP contribution in [0.3, 0.4) is 0 Å². The Balaban J connectivity index is 1.80. The van der Waals surface area contributed by atoms with E-state index in [0.717, 1.165) is 25.7 Å². The van der Waals surface area contributed by atoms with Gasteiger partial charge in [-0.3, -0.25) is 4.57 Å². The van der Waals surface area contributed by atoms with Crippen LogP contribution in [-0.2, 0) is 4.57 Å². The molecule has 3 aliphatic rings. The van der Waals surface area contributed by atoms with Gasteiger partial charge in [0, 0.05) is 24.2 Å². The van der Waals surface area contributed by atoms with Crippen LogP contribution in [0.2, 0.25) is 0 Å². The quantitative estimate of drug-likeness (QED) is 0.314. The lowest BCUT2D eigenvalue weighted by Gasteiger charge is -2.42. The van der Waals surface area contributed by atoms with Crippen molar-refractivity contribution in [3.63, 3.8) is 0 Å². The van der Waals surface area contributed by atoms with E-state index in [4.69, 9.17) is 0 Å². The monoisotopic (exact) mass is 523 g/mol. The van der Waals surface area contributed by atoms with E-state index >= 15 is 4.57 Å². The number of hydrogen-bond acceptors (Lipinski definition) is 3. The molecule has 0 aromatic heterocycles. The number of rotatable bonds is 10. The average molecular weight is 524 g/mol. The Morgan fingerprint density at radius 1 is 0.853 bits per heavy atom. The molecule has 2 saturated heterocycles. The third-order valence-electron chi connectivity index (χ3n) is 8.22. The molecule has 1 N–H and O–H groups in total. The van der Waals surface area contributed by atoms with Gasteiger partial charge in [-0.15, -0.1) is 23.5 Å². The van der Waals surface area contributed by atoms with Crippen LogP contribution in [0.15, 0.2) is 30.3 Å². The van der Waals surface area contributed by atoms with Crippen molar-refractivity contribution in [2.45, 2.75) is 120 Å². The molecule has 4 nitrogen and oxygen atoms in total. The van der Waals surface area contributed by atoms with Crippen LogP contribution in [-0.4, -0.2) is 49.6 Å². The number of nitrogens with one attached hydrogen (secondary N) is 1. The van der Waals surface area contributed by atoms with Crippen LogP contribution in [0.25, 0.3) is 0 Å². The number of fused-ring (bicyclic) bond motifs is 1. The predicted molar refractivity (Wildman–Crippen MR) is 152 cm³/mol. The molecular weight excluding hydrogens is 477 g/mol. The smallest absolute Gasteiger partial charge is 0.270 e. The lowest BCUT2D eigenvalue weighted by molar-refractivity contribution is 0.152. The molecule has 0 unspecified atom stereocenters. The van der Waals surface area contributed by atoms with E-state index in [1.54, 1.807) is 0 Å². The second-order valence-corrected chi connectivity index (χ2v) is 15.2. The average Bonchev–Trinajstić information content (AvgIpc) is 3.14. The van der Waals surface area contributed by atoms with E-state index in [1.165, 1.54) is 49.2 Å². The first-order chi connectivity index (χ1) is 16.6. The van der Waals surface area contributed by atoms with Gasteiger partial charge in [-0.25, -0.2) is 14.4 Å². The Bertz CT molecular complexity index is 766. The highest BCUT2D eigenvalue weighted by atomic mass is 32.2. The summed E-state index contributed by atoms with van der Waals surface area (Å²) in [7, 11) is -2.97. The standard InChI is InChI=1S/C27H46N3OPS2/c1-5-22(6-2)29-24-17-12-13-18-25(24)30(23(7-3)8-4)32(29,31)28-26(21-15-10-9-11-16-21)27-33-19-14-20-34-27/h9-11,15-16,22-27H,5-8,12-14,17-20H2,1-4H3,(H,28,31)/t24-,25-,26-/m1/s1. The van der Waals surface area contributed by atoms with Crippen molar-refractivity contribution in [1.82, 2.24) is 14.4 Å². The number of thioether (sulfide) groups is 2. The highest BCUT2D eigenvalue weighted by Crippen LogP contribution is 2.65. The van der Waals surface area contributed by atoms with Crippen LogP contribution in [0, 0.1) is 0 Å². The fraction of sp³-hybridized carbons (Fsp3) is 0.778. The number of hydrogen-bond donors (Lipinski definition) is 1. The molecule has 0 radical (unpaired) electrons.